The summed E-state index contributed by atoms with van der Waals surface area (Å²) >= 11 is 0. The van der Waals surface area contributed by atoms with Gasteiger partial charge in [0.2, 0.25) is 5.91 Å². The molecular weight excluding hydrogens is 861 g/mol. The number of fused-ring (bicyclic) bond motifs is 1. The van der Waals surface area contributed by atoms with Crippen molar-refractivity contribution in [3.05, 3.63) is 76.9 Å². The summed E-state index contributed by atoms with van der Waals surface area (Å²) in [4.78, 5) is 62.8. The molecule has 2 amide bonds. The van der Waals surface area contributed by atoms with E-state index in [1.807, 2.05) is 12.1 Å². The number of hydrogen-bond donors (Lipinski definition) is 2. The van der Waals surface area contributed by atoms with E-state index in [1.54, 1.807) is 30.0 Å². The van der Waals surface area contributed by atoms with E-state index in [-0.39, 0.29) is 29.7 Å². The molecule has 4 fully saturated rings. The van der Waals surface area contributed by atoms with E-state index in [9.17, 15) is 28.7 Å². The summed E-state index contributed by atoms with van der Waals surface area (Å²) < 4.78 is 42.5. The van der Waals surface area contributed by atoms with Crippen LogP contribution in [0.15, 0.2) is 48.5 Å². The van der Waals surface area contributed by atoms with Gasteiger partial charge in [0.25, 0.3) is 5.91 Å². The maximum absolute atomic E-state index is 16.5. The summed E-state index contributed by atoms with van der Waals surface area (Å²) in [7, 11) is 4.79. The van der Waals surface area contributed by atoms with E-state index < -0.39 is 29.1 Å². The number of phenols is 1. The van der Waals surface area contributed by atoms with Crippen LogP contribution in [0.1, 0.15) is 78.9 Å². The lowest BCUT2D eigenvalue weighted by Crippen LogP contribution is -2.50. The number of piperazine rings is 1. The van der Waals surface area contributed by atoms with Crippen LogP contribution in [0.4, 0.5) is 25.8 Å². The largest absolute Gasteiger partial charge is 0.506 e. The molecule has 0 bridgehead atoms. The van der Waals surface area contributed by atoms with Gasteiger partial charge in [-0.3, -0.25) is 9.59 Å². The fraction of sp³-hybridized carbons (Fsp3) is 0.569. The molecule has 2 unspecified atom stereocenters. The first-order valence-electron chi connectivity index (χ1n) is 24.1. The van der Waals surface area contributed by atoms with E-state index in [4.69, 9.17) is 9.47 Å². The monoisotopic (exact) mass is 928 g/mol. The number of methoxy groups -OCH3 is 1. The van der Waals surface area contributed by atoms with Gasteiger partial charge in [0.1, 0.15) is 35.7 Å². The van der Waals surface area contributed by atoms with Gasteiger partial charge in [-0.2, -0.15) is 0 Å². The minimum Gasteiger partial charge on any atom is -0.506 e. The quantitative estimate of drug-likeness (QED) is 0.162. The van der Waals surface area contributed by atoms with E-state index in [0.717, 1.165) is 102 Å². The van der Waals surface area contributed by atoms with Crippen molar-refractivity contribution in [3.63, 3.8) is 0 Å². The first-order valence-corrected chi connectivity index (χ1v) is 24.1. The molecule has 0 aromatic heterocycles. The number of rotatable bonds is 17. The summed E-state index contributed by atoms with van der Waals surface area (Å²) in [6.07, 6.45) is 7.01. The second-order valence-electron chi connectivity index (χ2n) is 19.3. The second kappa shape index (κ2) is 21.3. The zero-order valence-corrected chi connectivity index (χ0v) is 39.3. The van der Waals surface area contributed by atoms with Crippen LogP contribution in [0.2, 0.25) is 0 Å². The molecule has 0 spiro atoms. The number of piperidine rings is 2. The fourth-order valence-electron chi connectivity index (χ4n) is 11.3. The Morgan fingerprint density at radius 2 is 1.55 bits per heavy atom. The van der Waals surface area contributed by atoms with Crippen LogP contribution in [0.25, 0.3) is 0 Å². The molecular formula is C51H67F2N7O7. The third-order valence-electron chi connectivity index (χ3n) is 15.4. The molecule has 0 radical (unpaired) electrons. The SMILES string of the molecule is CNC(=O)CCC(C=O)N1Cc2cc(N3CCC(CN4CCN(CC5CCN(c6cc(OC)c(C(N(C)c7cc(F)ccc7O)C7(C=O)CCOCC7)cc6F)CC5)CC4)CC3)ccc2C1=O. The lowest BCUT2D eigenvalue weighted by Gasteiger charge is -2.45. The Labute approximate surface area is 393 Å². The number of anilines is 3. The molecule has 5 aliphatic rings. The third kappa shape index (κ3) is 10.6. The van der Waals surface area contributed by atoms with Crippen molar-refractivity contribution in [2.45, 2.75) is 70.0 Å². The van der Waals surface area contributed by atoms with E-state index in [2.05, 4.69) is 31.0 Å². The number of aromatic hydroxyl groups is 1. The number of aldehydes is 2. The number of nitrogens with one attached hydrogen (secondary N) is 1. The smallest absolute Gasteiger partial charge is 0.255 e. The average Bonchev–Trinajstić information content (AvgIpc) is 3.68. The summed E-state index contributed by atoms with van der Waals surface area (Å²) in [5.74, 6) is 0.158. The molecule has 2 atom stereocenters. The number of benzene rings is 3. The highest BCUT2D eigenvalue weighted by Crippen LogP contribution is 2.50. The van der Waals surface area contributed by atoms with Gasteiger partial charge in [-0.15, -0.1) is 0 Å². The van der Waals surface area contributed by atoms with Crippen LogP contribution in [-0.2, 0) is 25.7 Å². The van der Waals surface area contributed by atoms with Crippen molar-refractivity contribution >= 4 is 41.4 Å². The van der Waals surface area contributed by atoms with Crippen LogP contribution >= 0.6 is 0 Å². The lowest BCUT2D eigenvalue weighted by atomic mass is 9.71. The maximum atomic E-state index is 16.5. The minimum absolute atomic E-state index is 0.149. The van der Waals surface area contributed by atoms with Gasteiger partial charge >= 0.3 is 0 Å². The summed E-state index contributed by atoms with van der Waals surface area (Å²) in [6, 6.07) is 11.5. The number of phenolic OH excluding ortho intramolecular Hbond substituents is 1. The molecule has 14 nitrogen and oxygen atoms in total. The first-order chi connectivity index (χ1) is 32.4. The molecule has 16 heteroatoms. The predicted octanol–water partition coefficient (Wildman–Crippen LogP) is 5.65. The number of carbonyl (C=O) groups is 4. The highest BCUT2D eigenvalue weighted by atomic mass is 19.1. The molecule has 0 aliphatic carbocycles. The van der Waals surface area contributed by atoms with Crippen LogP contribution < -0.4 is 24.8 Å². The Balaban J connectivity index is 0.807. The summed E-state index contributed by atoms with van der Waals surface area (Å²) in [5, 5.41) is 13.4. The molecule has 0 saturated carbocycles. The van der Waals surface area contributed by atoms with Crippen molar-refractivity contribution in [2.75, 3.05) is 115 Å². The topological polar surface area (TPSA) is 138 Å². The molecule has 2 N–H and O–H groups in total. The third-order valence-corrected chi connectivity index (χ3v) is 15.4. The molecule has 3 aromatic carbocycles. The maximum Gasteiger partial charge on any atom is 0.255 e. The van der Waals surface area contributed by atoms with Gasteiger partial charge < -0.3 is 58.9 Å². The summed E-state index contributed by atoms with van der Waals surface area (Å²) in [5.41, 5.74) is 2.78. The molecule has 362 valence electrons. The van der Waals surface area contributed by atoms with Crippen LogP contribution in [-0.4, -0.2) is 150 Å². The first kappa shape index (κ1) is 48.1. The Bertz CT molecular complexity index is 2240. The zero-order chi connectivity index (χ0) is 47.2. The van der Waals surface area contributed by atoms with Crippen molar-refractivity contribution in [1.29, 1.82) is 0 Å². The number of amides is 2. The van der Waals surface area contributed by atoms with Gasteiger partial charge in [0.05, 0.1) is 36.0 Å². The fourth-order valence-corrected chi connectivity index (χ4v) is 11.3. The number of nitrogens with zero attached hydrogens (tertiary/aromatic N) is 6. The normalized spacial score (nSPS) is 20.6. The van der Waals surface area contributed by atoms with Crippen molar-refractivity contribution in [2.24, 2.45) is 17.3 Å². The number of halogens is 2. The zero-order valence-electron chi connectivity index (χ0n) is 39.3. The minimum atomic E-state index is -1.00. The van der Waals surface area contributed by atoms with Gasteiger partial charge in [-0.1, -0.05) is 0 Å². The van der Waals surface area contributed by atoms with Gasteiger partial charge in [-0.25, -0.2) is 8.78 Å². The second-order valence-corrected chi connectivity index (χ2v) is 19.3. The molecule has 5 aliphatic heterocycles. The Hall–Kier alpha value is -5.32. The van der Waals surface area contributed by atoms with Crippen LogP contribution in [0.5, 0.6) is 11.5 Å². The van der Waals surface area contributed by atoms with Gasteiger partial charge in [0, 0.05) is 135 Å². The van der Waals surface area contributed by atoms with Crippen molar-refractivity contribution < 1.29 is 42.5 Å². The number of carbonyl (C=O) groups excluding carboxylic acids is 4. The van der Waals surface area contributed by atoms with Crippen LogP contribution in [0, 0.1) is 28.9 Å². The highest BCUT2D eigenvalue weighted by Gasteiger charge is 2.46. The van der Waals surface area contributed by atoms with Crippen LogP contribution in [0.3, 0.4) is 0 Å². The van der Waals surface area contributed by atoms with Crippen molar-refractivity contribution in [1.82, 2.24) is 20.0 Å². The van der Waals surface area contributed by atoms with E-state index in [1.165, 1.54) is 31.4 Å². The van der Waals surface area contributed by atoms with E-state index in [0.29, 0.717) is 86.5 Å². The van der Waals surface area contributed by atoms with E-state index >= 15 is 4.39 Å². The van der Waals surface area contributed by atoms with Gasteiger partial charge in [0.15, 0.2) is 0 Å². The number of ether oxygens (including phenoxy) is 2. The lowest BCUT2D eigenvalue weighted by molar-refractivity contribution is -0.123. The standard InChI is InChI=1S/C51H67F2N7O7/c1-54-48(64)9-6-40(33-61)60-32-37-26-39(5-7-41(37)50(60)65)58-16-10-35(11-17-58)30-56-20-22-57(23-21-56)31-36-12-18-59(19-13-36)44-29-47(66-3)42(28-43(44)53)49(51(34-62)14-24-67-25-15-51)55(2)45-27-38(52)4-8-46(45)63/h4-5,7-8,26-29,33-36,40,49,63H,6,9-25,30-32H2,1-3H3,(H,54,64). The molecule has 5 heterocycles. The molecule has 4 saturated heterocycles. The Morgan fingerprint density at radius 1 is 0.910 bits per heavy atom. The highest BCUT2D eigenvalue weighted by molar-refractivity contribution is 6.00. The number of hydrogen-bond acceptors (Lipinski definition) is 12. The molecule has 8 rings (SSSR count). The van der Waals surface area contributed by atoms with Crippen molar-refractivity contribution in [3.8, 4) is 11.5 Å². The van der Waals surface area contributed by atoms with Gasteiger partial charge in [-0.05, 0) is 98.7 Å². The predicted molar refractivity (Wildman–Crippen MR) is 253 cm³/mol. The molecule has 67 heavy (non-hydrogen) atoms. The average molecular weight is 928 g/mol. The molecule has 3 aromatic rings. The summed E-state index contributed by atoms with van der Waals surface area (Å²) in [6.45, 7) is 10.7. The Kier molecular flexibility index (Phi) is 15.3. The Morgan fingerprint density at radius 3 is 2.15 bits per heavy atom.